The lowest BCUT2D eigenvalue weighted by Crippen LogP contribution is -2.29. The van der Waals surface area contributed by atoms with Gasteiger partial charge in [-0.1, -0.05) is 23.2 Å². The summed E-state index contributed by atoms with van der Waals surface area (Å²) in [4.78, 5) is 10.3. The summed E-state index contributed by atoms with van der Waals surface area (Å²) in [7, 11) is -1.26. The molecular weight excluding hydrogens is 329 g/mol. The summed E-state index contributed by atoms with van der Waals surface area (Å²) in [5.74, 6) is -0.838. The maximum absolute atomic E-state index is 12.3. The number of hydrogen-bond acceptors (Lipinski definition) is 4. The Morgan fingerprint density at radius 3 is 2.45 bits per heavy atom. The summed E-state index contributed by atoms with van der Waals surface area (Å²) in [6.07, 6.45) is -0.308. The second kappa shape index (κ2) is 6.62. The number of ether oxygens (including phenoxy) is 1. The first kappa shape index (κ1) is 17.0. The summed E-state index contributed by atoms with van der Waals surface area (Å²) < 4.78 is 30.4. The van der Waals surface area contributed by atoms with Crippen molar-refractivity contribution in [1.82, 2.24) is 4.31 Å². The van der Waals surface area contributed by atoms with Crippen molar-refractivity contribution in [1.29, 1.82) is 0 Å². The number of nitrogens with zero attached hydrogens (tertiary/aromatic N) is 1. The molecule has 0 saturated heterocycles. The normalized spacial score (nSPS) is 11.7. The Kier molecular flexibility index (Phi) is 5.64. The van der Waals surface area contributed by atoms with Gasteiger partial charge in [0, 0.05) is 13.6 Å². The van der Waals surface area contributed by atoms with Crippen LogP contribution in [0.5, 0.6) is 5.75 Å². The van der Waals surface area contributed by atoms with Gasteiger partial charge in [-0.25, -0.2) is 12.7 Å². The molecule has 0 amide bonds. The Morgan fingerprint density at radius 2 is 1.95 bits per heavy atom. The SMILES string of the molecule is COc1ccc(S(=O)(=O)N(C)CCC(=O)O)c(Cl)c1Cl. The predicted molar refractivity (Wildman–Crippen MR) is 75.1 cm³/mol. The summed E-state index contributed by atoms with van der Waals surface area (Å²) in [5.41, 5.74) is 0. The molecule has 0 saturated carbocycles. The molecule has 0 bridgehead atoms. The molecule has 0 fully saturated rings. The zero-order chi connectivity index (χ0) is 15.5. The molecule has 1 aromatic rings. The number of rotatable bonds is 6. The number of methoxy groups -OCH3 is 1. The molecule has 0 heterocycles. The first-order valence-corrected chi connectivity index (χ1v) is 7.61. The number of hydrogen-bond donors (Lipinski definition) is 1. The van der Waals surface area contributed by atoms with Crippen molar-refractivity contribution in [3.63, 3.8) is 0 Å². The first-order valence-electron chi connectivity index (χ1n) is 5.42. The Bertz CT molecular complexity index is 617. The van der Waals surface area contributed by atoms with Gasteiger partial charge < -0.3 is 9.84 Å². The molecule has 0 atom stereocenters. The predicted octanol–water partition coefficient (Wildman–Crippen LogP) is 2.10. The van der Waals surface area contributed by atoms with E-state index in [1.165, 1.54) is 26.3 Å². The van der Waals surface area contributed by atoms with E-state index in [4.69, 9.17) is 33.0 Å². The number of carboxylic acid groups (broad SMARTS) is 1. The molecule has 1 aromatic carbocycles. The van der Waals surface area contributed by atoms with Gasteiger partial charge in [-0.2, -0.15) is 0 Å². The minimum atomic E-state index is -3.91. The van der Waals surface area contributed by atoms with Gasteiger partial charge in [-0.05, 0) is 12.1 Å². The highest BCUT2D eigenvalue weighted by atomic mass is 35.5. The highest BCUT2D eigenvalue weighted by Gasteiger charge is 2.26. The molecule has 0 aliphatic rings. The molecule has 0 spiro atoms. The minimum Gasteiger partial charge on any atom is -0.495 e. The second-order valence-electron chi connectivity index (χ2n) is 3.86. The van der Waals surface area contributed by atoms with Crippen LogP contribution in [0, 0.1) is 0 Å². The zero-order valence-electron chi connectivity index (χ0n) is 10.8. The van der Waals surface area contributed by atoms with Crippen molar-refractivity contribution >= 4 is 39.2 Å². The van der Waals surface area contributed by atoms with Gasteiger partial charge in [0.05, 0.1) is 18.6 Å². The van der Waals surface area contributed by atoms with Crippen LogP contribution in [0.4, 0.5) is 0 Å². The van der Waals surface area contributed by atoms with E-state index in [0.717, 1.165) is 4.31 Å². The van der Waals surface area contributed by atoms with Gasteiger partial charge in [0.1, 0.15) is 15.7 Å². The van der Waals surface area contributed by atoms with Gasteiger partial charge >= 0.3 is 5.97 Å². The molecule has 0 aliphatic heterocycles. The van der Waals surface area contributed by atoms with E-state index in [1.54, 1.807) is 0 Å². The lowest BCUT2D eigenvalue weighted by atomic mass is 10.3. The van der Waals surface area contributed by atoms with Crippen LogP contribution in [0.3, 0.4) is 0 Å². The molecule has 0 unspecified atom stereocenters. The summed E-state index contributed by atoms with van der Waals surface area (Å²) >= 11 is 11.8. The topological polar surface area (TPSA) is 83.9 Å². The average Bonchev–Trinajstić information content (AvgIpc) is 2.38. The van der Waals surface area contributed by atoms with Gasteiger partial charge in [0.15, 0.2) is 0 Å². The Morgan fingerprint density at radius 1 is 1.35 bits per heavy atom. The number of sulfonamides is 1. The van der Waals surface area contributed by atoms with Gasteiger partial charge in [-0.15, -0.1) is 0 Å². The van der Waals surface area contributed by atoms with E-state index < -0.39 is 16.0 Å². The quantitative estimate of drug-likeness (QED) is 0.856. The third kappa shape index (κ3) is 3.54. The lowest BCUT2D eigenvalue weighted by molar-refractivity contribution is -0.137. The van der Waals surface area contributed by atoms with Crippen LogP contribution in [-0.2, 0) is 14.8 Å². The molecule has 1 rings (SSSR count). The molecule has 6 nitrogen and oxygen atoms in total. The van der Waals surface area contributed by atoms with Crippen LogP contribution < -0.4 is 4.74 Å². The Balaban J connectivity index is 3.16. The van der Waals surface area contributed by atoms with Crippen molar-refractivity contribution < 1.29 is 23.1 Å². The highest BCUT2D eigenvalue weighted by molar-refractivity contribution is 7.89. The van der Waals surface area contributed by atoms with Crippen molar-refractivity contribution in [2.24, 2.45) is 0 Å². The van der Waals surface area contributed by atoms with Crippen LogP contribution >= 0.6 is 23.2 Å². The number of carbonyl (C=O) groups is 1. The van der Waals surface area contributed by atoms with E-state index in [1.807, 2.05) is 0 Å². The van der Waals surface area contributed by atoms with Crippen molar-refractivity contribution in [3.8, 4) is 5.75 Å². The molecule has 0 radical (unpaired) electrons. The summed E-state index contributed by atoms with van der Waals surface area (Å²) in [6.45, 7) is -0.169. The van der Waals surface area contributed by atoms with E-state index in [-0.39, 0.29) is 33.7 Å². The van der Waals surface area contributed by atoms with E-state index in [9.17, 15) is 13.2 Å². The van der Waals surface area contributed by atoms with Crippen molar-refractivity contribution in [2.45, 2.75) is 11.3 Å². The number of halogens is 2. The molecule has 1 N–H and O–H groups in total. The van der Waals surface area contributed by atoms with Crippen LogP contribution in [0.1, 0.15) is 6.42 Å². The monoisotopic (exact) mass is 341 g/mol. The van der Waals surface area contributed by atoms with Crippen LogP contribution in [0.25, 0.3) is 0 Å². The van der Waals surface area contributed by atoms with E-state index in [0.29, 0.717) is 0 Å². The molecule has 112 valence electrons. The lowest BCUT2D eigenvalue weighted by Gasteiger charge is -2.18. The fraction of sp³-hybridized carbons (Fsp3) is 0.364. The van der Waals surface area contributed by atoms with Crippen molar-refractivity contribution in [2.75, 3.05) is 20.7 Å². The van der Waals surface area contributed by atoms with E-state index in [2.05, 4.69) is 0 Å². The summed E-state index contributed by atoms with van der Waals surface area (Å²) in [6, 6.07) is 2.64. The summed E-state index contributed by atoms with van der Waals surface area (Å²) in [5, 5.41) is 8.41. The van der Waals surface area contributed by atoms with E-state index >= 15 is 0 Å². The molecular formula is C11H13Cl2NO5S. The second-order valence-corrected chi connectivity index (χ2v) is 6.63. The maximum atomic E-state index is 12.3. The Labute approximate surface area is 126 Å². The fourth-order valence-corrected chi connectivity index (χ4v) is 3.39. The third-order valence-electron chi connectivity index (χ3n) is 2.56. The van der Waals surface area contributed by atoms with Crippen LogP contribution in [0.2, 0.25) is 10.0 Å². The maximum Gasteiger partial charge on any atom is 0.304 e. The number of aliphatic carboxylic acids is 1. The number of benzene rings is 1. The molecule has 9 heteroatoms. The number of carboxylic acids is 1. The smallest absolute Gasteiger partial charge is 0.304 e. The molecule has 20 heavy (non-hydrogen) atoms. The standard InChI is InChI=1S/C11H13Cl2NO5S/c1-14(6-5-9(15)16)20(17,18)8-4-3-7(19-2)10(12)11(8)13/h3-4H,5-6H2,1-2H3,(H,15,16). The fourth-order valence-electron chi connectivity index (χ4n) is 1.41. The highest BCUT2D eigenvalue weighted by Crippen LogP contribution is 2.37. The van der Waals surface area contributed by atoms with Crippen molar-refractivity contribution in [3.05, 3.63) is 22.2 Å². The zero-order valence-corrected chi connectivity index (χ0v) is 13.1. The minimum absolute atomic E-state index is 0.0122. The van der Waals surface area contributed by atoms with Gasteiger partial charge in [0.2, 0.25) is 10.0 Å². The first-order chi connectivity index (χ1) is 9.21. The molecule has 0 aliphatic carbocycles. The average molecular weight is 342 g/mol. The van der Waals surface area contributed by atoms with Gasteiger partial charge in [0.25, 0.3) is 0 Å². The largest absolute Gasteiger partial charge is 0.495 e. The third-order valence-corrected chi connectivity index (χ3v) is 5.44. The Hall–Kier alpha value is -1.02. The van der Waals surface area contributed by atoms with Crippen LogP contribution in [-0.4, -0.2) is 44.5 Å². The van der Waals surface area contributed by atoms with Crippen LogP contribution in [0.15, 0.2) is 17.0 Å². The molecule has 0 aromatic heterocycles. The van der Waals surface area contributed by atoms with Gasteiger partial charge in [-0.3, -0.25) is 4.79 Å².